The Balaban J connectivity index is 2.58. The molecule has 0 atom stereocenters. The van der Waals surface area contributed by atoms with E-state index in [0.29, 0.717) is 0 Å². The van der Waals surface area contributed by atoms with Gasteiger partial charge in [-0.2, -0.15) is 0 Å². The van der Waals surface area contributed by atoms with E-state index in [2.05, 4.69) is 5.32 Å². The fourth-order valence-corrected chi connectivity index (χ4v) is 1.29. The molecule has 0 heterocycles. The highest BCUT2D eigenvalue weighted by molar-refractivity contribution is 5.96. The molecule has 0 bridgehead atoms. The number of halogens is 1. The third kappa shape index (κ3) is 4.04. The smallest absolute Gasteiger partial charge is 0.340 e. The third-order valence-electron chi connectivity index (χ3n) is 2.02. The lowest BCUT2D eigenvalue weighted by Gasteiger charge is -2.09. The highest BCUT2D eigenvalue weighted by Crippen LogP contribution is 2.14. The molecule has 1 aromatic rings. The minimum Gasteiger partial charge on any atom is -0.452 e. The van der Waals surface area contributed by atoms with Gasteiger partial charge in [-0.05, 0) is 32.0 Å². The van der Waals surface area contributed by atoms with Crippen molar-refractivity contribution in [2.45, 2.75) is 19.9 Å². The Morgan fingerprint density at radius 1 is 1.44 bits per heavy atom. The van der Waals surface area contributed by atoms with E-state index >= 15 is 0 Å². The second-order valence-electron chi connectivity index (χ2n) is 4.03. The molecule has 0 radical (unpaired) electrons. The number of hydrogen-bond donors (Lipinski definition) is 2. The Hall–Kier alpha value is -2.11. The van der Waals surface area contributed by atoms with Crippen LogP contribution < -0.4 is 11.1 Å². The van der Waals surface area contributed by atoms with Crippen LogP contribution in [-0.2, 0) is 9.53 Å². The molecule has 0 saturated heterocycles. The minimum atomic E-state index is -0.758. The molecule has 0 saturated carbocycles. The summed E-state index contributed by atoms with van der Waals surface area (Å²) < 4.78 is 17.5. The second kappa shape index (κ2) is 6.00. The van der Waals surface area contributed by atoms with Gasteiger partial charge in [-0.25, -0.2) is 9.18 Å². The topological polar surface area (TPSA) is 81.4 Å². The summed E-state index contributed by atoms with van der Waals surface area (Å²) in [7, 11) is 0. The summed E-state index contributed by atoms with van der Waals surface area (Å²) in [5, 5.41) is 2.57. The van der Waals surface area contributed by atoms with Crippen LogP contribution in [0.3, 0.4) is 0 Å². The van der Waals surface area contributed by atoms with Crippen LogP contribution in [0.25, 0.3) is 0 Å². The van der Waals surface area contributed by atoms with Crippen LogP contribution in [0.5, 0.6) is 0 Å². The maximum Gasteiger partial charge on any atom is 0.340 e. The Bertz CT molecular complexity index is 461. The van der Waals surface area contributed by atoms with Crippen molar-refractivity contribution >= 4 is 17.6 Å². The summed E-state index contributed by atoms with van der Waals surface area (Å²) in [5.74, 6) is -1.70. The van der Waals surface area contributed by atoms with Gasteiger partial charge in [0.2, 0.25) is 0 Å². The van der Waals surface area contributed by atoms with Gasteiger partial charge >= 0.3 is 5.97 Å². The van der Waals surface area contributed by atoms with Crippen LogP contribution in [-0.4, -0.2) is 24.5 Å². The predicted octanol–water partition coefficient (Wildman–Crippen LogP) is 1.09. The molecule has 18 heavy (non-hydrogen) atoms. The zero-order valence-corrected chi connectivity index (χ0v) is 10.2. The van der Waals surface area contributed by atoms with E-state index in [1.165, 1.54) is 6.07 Å². The van der Waals surface area contributed by atoms with E-state index in [9.17, 15) is 14.0 Å². The number of benzene rings is 1. The van der Waals surface area contributed by atoms with Crippen LogP contribution in [0, 0.1) is 5.82 Å². The second-order valence-corrected chi connectivity index (χ2v) is 4.03. The molecular weight excluding hydrogens is 239 g/mol. The summed E-state index contributed by atoms with van der Waals surface area (Å²) in [6.07, 6.45) is 0. The number of nitrogen functional groups attached to an aromatic ring is 1. The van der Waals surface area contributed by atoms with Crippen molar-refractivity contribution in [2.24, 2.45) is 0 Å². The summed E-state index contributed by atoms with van der Waals surface area (Å²) >= 11 is 0. The van der Waals surface area contributed by atoms with Gasteiger partial charge in [0.05, 0.1) is 5.56 Å². The summed E-state index contributed by atoms with van der Waals surface area (Å²) in [5.41, 5.74) is 5.48. The maximum atomic E-state index is 12.8. The Kier molecular flexibility index (Phi) is 4.65. The van der Waals surface area contributed by atoms with Crippen LogP contribution in [0.4, 0.5) is 10.1 Å². The molecule has 1 aromatic carbocycles. The normalized spacial score (nSPS) is 10.2. The highest BCUT2D eigenvalue weighted by Gasteiger charge is 2.13. The van der Waals surface area contributed by atoms with Crippen molar-refractivity contribution in [1.29, 1.82) is 0 Å². The van der Waals surface area contributed by atoms with E-state index in [-0.39, 0.29) is 17.3 Å². The van der Waals surface area contributed by atoms with Gasteiger partial charge in [0, 0.05) is 11.7 Å². The lowest BCUT2D eigenvalue weighted by molar-refractivity contribution is -0.124. The Morgan fingerprint density at radius 3 is 2.67 bits per heavy atom. The van der Waals surface area contributed by atoms with Crippen molar-refractivity contribution in [1.82, 2.24) is 5.32 Å². The van der Waals surface area contributed by atoms with E-state index in [4.69, 9.17) is 10.5 Å². The monoisotopic (exact) mass is 254 g/mol. The van der Waals surface area contributed by atoms with Crippen LogP contribution in [0.1, 0.15) is 24.2 Å². The number of nitrogens with one attached hydrogen (secondary N) is 1. The van der Waals surface area contributed by atoms with Gasteiger partial charge in [-0.1, -0.05) is 0 Å². The zero-order valence-electron chi connectivity index (χ0n) is 10.2. The van der Waals surface area contributed by atoms with Crippen molar-refractivity contribution in [3.63, 3.8) is 0 Å². The first kappa shape index (κ1) is 14.0. The predicted molar refractivity (Wildman–Crippen MR) is 64.4 cm³/mol. The van der Waals surface area contributed by atoms with Gasteiger partial charge in [-0.3, -0.25) is 4.79 Å². The molecule has 0 aromatic heterocycles. The fourth-order valence-electron chi connectivity index (χ4n) is 1.29. The van der Waals surface area contributed by atoms with Crippen molar-refractivity contribution in [3.8, 4) is 0 Å². The van der Waals surface area contributed by atoms with Crippen LogP contribution >= 0.6 is 0 Å². The first-order valence-corrected chi connectivity index (χ1v) is 5.41. The van der Waals surface area contributed by atoms with E-state index < -0.39 is 24.3 Å². The van der Waals surface area contributed by atoms with Gasteiger partial charge in [-0.15, -0.1) is 0 Å². The molecule has 0 spiro atoms. The molecule has 0 fully saturated rings. The van der Waals surface area contributed by atoms with Gasteiger partial charge in [0.15, 0.2) is 6.61 Å². The van der Waals surface area contributed by atoms with E-state index in [0.717, 1.165) is 12.1 Å². The van der Waals surface area contributed by atoms with Gasteiger partial charge in [0.25, 0.3) is 5.91 Å². The Morgan fingerprint density at radius 2 is 2.11 bits per heavy atom. The largest absolute Gasteiger partial charge is 0.452 e. The van der Waals surface area contributed by atoms with Crippen molar-refractivity contribution in [2.75, 3.05) is 12.3 Å². The van der Waals surface area contributed by atoms with Crippen molar-refractivity contribution < 1.29 is 18.7 Å². The number of rotatable bonds is 4. The number of ether oxygens (including phenoxy) is 1. The number of hydrogen-bond acceptors (Lipinski definition) is 4. The lowest BCUT2D eigenvalue weighted by Crippen LogP contribution is -2.34. The summed E-state index contributed by atoms with van der Waals surface area (Å²) in [6, 6.07) is 3.30. The fraction of sp³-hybridized carbons (Fsp3) is 0.333. The van der Waals surface area contributed by atoms with Crippen LogP contribution in [0.2, 0.25) is 0 Å². The Labute approximate surface area is 104 Å². The SMILES string of the molecule is CC(C)NC(=O)COC(=O)c1ccc(F)cc1N. The number of esters is 1. The molecule has 0 unspecified atom stereocenters. The molecular formula is C12H15FN2O3. The molecule has 5 nitrogen and oxygen atoms in total. The minimum absolute atomic E-state index is 0.0238. The zero-order chi connectivity index (χ0) is 13.7. The molecule has 3 N–H and O–H groups in total. The number of nitrogens with two attached hydrogens (primary N) is 1. The first-order chi connectivity index (χ1) is 8.40. The quantitative estimate of drug-likeness (QED) is 0.622. The van der Waals surface area contributed by atoms with E-state index in [1.54, 1.807) is 13.8 Å². The lowest BCUT2D eigenvalue weighted by atomic mass is 10.2. The molecule has 1 amide bonds. The number of anilines is 1. The number of carbonyl (C=O) groups is 2. The average Bonchev–Trinajstić information content (AvgIpc) is 2.25. The summed E-state index contributed by atoms with van der Waals surface area (Å²) in [6.45, 7) is 3.18. The number of amides is 1. The molecule has 98 valence electrons. The standard InChI is InChI=1S/C12H15FN2O3/c1-7(2)15-11(16)6-18-12(17)9-4-3-8(13)5-10(9)14/h3-5,7H,6,14H2,1-2H3,(H,15,16). The molecule has 0 aliphatic heterocycles. The van der Waals surface area contributed by atoms with Crippen molar-refractivity contribution in [3.05, 3.63) is 29.6 Å². The maximum absolute atomic E-state index is 12.8. The molecule has 1 rings (SSSR count). The molecule has 6 heteroatoms. The van der Waals surface area contributed by atoms with Gasteiger partial charge < -0.3 is 15.8 Å². The highest BCUT2D eigenvalue weighted by atomic mass is 19.1. The third-order valence-corrected chi connectivity index (χ3v) is 2.02. The van der Waals surface area contributed by atoms with Crippen LogP contribution in [0.15, 0.2) is 18.2 Å². The molecule has 0 aliphatic rings. The molecule has 0 aliphatic carbocycles. The number of carbonyl (C=O) groups excluding carboxylic acids is 2. The van der Waals surface area contributed by atoms with E-state index in [1.807, 2.05) is 0 Å². The first-order valence-electron chi connectivity index (χ1n) is 5.41. The average molecular weight is 254 g/mol. The summed E-state index contributed by atoms with van der Waals surface area (Å²) in [4.78, 5) is 22.8. The van der Waals surface area contributed by atoms with Gasteiger partial charge in [0.1, 0.15) is 5.82 Å².